The van der Waals surface area contributed by atoms with Crippen molar-refractivity contribution in [3.05, 3.63) is 27.7 Å². The van der Waals surface area contributed by atoms with E-state index < -0.39 is 0 Å². The molecule has 0 aliphatic rings. The molecule has 0 aromatic heterocycles. The maximum atomic E-state index is 6.00. The van der Waals surface area contributed by atoms with Gasteiger partial charge in [-0.3, -0.25) is 0 Å². The van der Waals surface area contributed by atoms with Crippen LogP contribution in [-0.4, -0.2) is 12.6 Å². The molecular formula is C16H26BrNO. The van der Waals surface area contributed by atoms with Crippen LogP contribution in [0, 0.1) is 12.8 Å². The summed E-state index contributed by atoms with van der Waals surface area (Å²) in [6.07, 6.45) is 3.16. The Labute approximate surface area is 125 Å². The van der Waals surface area contributed by atoms with E-state index in [-0.39, 0.29) is 6.04 Å². The maximum Gasteiger partial charge on any atom is 0.125 e. The molecule has 0 saturated heterocycles. The first-order valence-corrected chi connectivity index (χ1v) is 7.86. The molecule has 0 amide bonds. The maximum absolute atomic E-state index is 6.00. The molecule has 0 spiro atoms. The van der Waals surface area contributed by atoms with Gasteiger partial charge in [0.15, 0.2) is 0 Å². The van der Waals surface area contributed by atoms with Gasteiger partial charge in [-0.2, -0.15) is 0 Å². The van der Waals surface area contributed by atoms with Gasteiger partial charge in [0.2, 0.25) is 0 Å². The van der Waals surface area contributed by atoms with Gasteiger partial charge in [-0.15, -0.1) is 0 Å². The van der Waals surface area contributed by atoms with Crippen LogP contribution in [0.2, 0.25) is 0 Å². The van der Waals surface area contributed by atoms with Crippen molar-refractivity contribution in [2.45, 2.75) is 53.0 Å². The van der Waals surface area contributed by atoms with Gasteiger partial charge < -0.3 is 10.5 Å². The summed E-state index contributed by atoms with van der Waals surface area (Å²) in [6, 6.07) is 4.36. The molecule has 0 aliphatic heterocycles. The Kier molecular flexibility index (Phi) is 6.87. The van der Waals surface area contributed by atoms with Gasteiger partial charge in [0.25, 0.3) is 0 Å². The van der Waals surface area contributed by atoms with Crippen molar-refractivity contribution in [1.82, 2.24) is 0 Å². The van der Waals surface area contributed by atoms with Gasteiger partial charge in [0.05, 0.1) is 6.61 Å². The standard InChI is InChI=1S/C16H26BrNO/c1-11(2)6-5-7-19-16-12(3)8-15(17)10-14(16)9-13(4)18/h8,10-11,13H,5-7,9,18H2,1-4H3. The lowest BCUT2D eigenvalue weighted by atomic mass is 10.0. The summed E-state index contributed by atoms with van der Waals surface area (Å²) >= 11 is 3.54. The zero-order valence-corrected chi connectivity index (χ0v) is 14.1. The molecule has 2 nitrogen and oxygen atoms in total. The van der Waals surface area contributed by atoms with E-state index in [2.05, 4.69) is 48.8 Å². The van der Waals surface area contributed by atoms with Crippen molar-refractivity contribution in [3.8, 4) is 5.75 Å². The van der Waals surface area contributed by atoms with E-state index in [9.17, 15) is 0 Å². The van der Waals surface area contributed by atoms with Gasteiger partial charge in [0.1, 0.15) is 5.75 Å². The lowest BCUT2D eigenvalue weighted by molar-refractivity contribution is 0.292. The Hall–Kier alpha value is -0.540. The molecule has 0 bridgehead atoms. The molecule has 0 radical (unpaired) electrons. The zero-order valence-electron chi connectivity index (χ0n) is 12.5. The van der Waals surface area contributed by atoms with Crippen molar-refractivity contribution in [2.75, 3.05) is 6.61 Å². The second kappa shape index (κ2) is 7.91. The van der Waals surface area contributed by atoms with Crippen LogP contribution in [0.15, 0.2) is 16.6 Å². The summed E-state index contributed by atoms with van der Waals surface area (Å²) in [5.41, 5.74) is 8.29. The van der Waals surface area contributed by atoms with E-state index in [1.54, 1.807) is 0 Å². The Morgan fingerprint density at radius 2 is 1.95 bits per heavy atom. The summed E-state index contributed by atoms with van der Waals surface area (Å²) in [7, 11) is 0. The smallest absolute Gasteiger partial charge is 0.125 e. The molecule has 1 atom stereocenters. The second-order valence-corrected chi connectivity index (χ2v) is 6.69. The van der Waals surface area contributed by atoms with Crippen LogP contribution < -0.4 is 10.5 Å². The molecule has 1 unspecified atom stereocenters. The summed E-state index contributed by atoms with van der Waals surface area (Å²) in [5, 5.41) is 0. The molecule has 0 aliphatic carbocycles. The first-order valence-electron chi connectivity index (χ1n) is 7.07. The van der Waals surface area contributed by atoms with Crippen molar-refractivity contribution in [2.24, 2.45) is 11.7 Å². The fourth-order valence-electron chi connectivity index (χ4n) is 2.17. The topological polar surface area (TPSA) is 35.2 Å². The molecule has 108 valence electrons. The molecule has 0 heterocycles. The Morgan fingerprint density at radius 1 is 1.26 bits per heavy atom. The first-order chi connectivity index (χ1) is 8.90. The average Bonchev–Trinajstić information content (AvgIpc) is 2.25. The third-order valence-corrected chi connectivity index (χ3v) is 3.49. The van der Waals surface area contributed by atoms with Crippen molar-refractivity contribution < 1.29 is 4.74 Å². The number of hydrogen-bond donors (Lipinski definition) is 1. The average molecular weight is 328 g/mol. The number of benzene rings is 1. The number of hydrogen-bond acceptors (Lipinski definition) is 2. The molecule has 0 saturated carbocycles. The van der Waals surface area contributed by atoms with Gasteiger partial charge in [-0.05, 0) is 62.3 Å². The van der Waals surface area contributed by atoms with Crippen LogP contribution in [0.1, 0.15) is 44.7 Å². The molecule has 2 N–H and O–H groups in total. The number of aryl methyl sites for hydroxylation is 1. The van der Waals surface area contributed by atoms with E-state index in [0.29, 0.717) is 0 Å². The van der Waals surface area contributed by atoms with Crippen LogP contribution in [0.5, 0.6) is 5.75 Å². The molecule has 1 aromatic rings. The molecule has 1 aromatic carbocycles. The largest absolute Gasteiger partial charge is 0.493 e. The highest BCUT2D eigenvalue weighted by molar-refractivity contribution is 9.10. The Morgan fingerprint density at radius 3 is 2.53 bits per heavy atom. The zero-order chi connectivity index (χ0) is 14.4. The van der Waals surface area contributed by atoms with Crippen molar-refractivity contribution >= 4 is 15.9 Å². The lowest BCUT2D eigenvalue weighted by Crippen LogP contribution is -2.18. The normalized spacial score (nSPS) is 12.8. The molecule has 3 heteroatoms. The van der Waals surface area contributed by atoms with E-state index in [1.807, 2.05) is 6.92 Å². The van der Waals surface area contributed by atoms with E-state index in [1.165, 1.54) is 17.5 Å². The highest BCUT2D eigenvalue weighted by atomic mass is 79.9. The number of rotatable bonds is 7. The molecule has 1 rings (SSSR count). The number of nitrogens with two attached hydrogens (primary N) is 1. The van der Waals surface area contributed by atoms with Crippen LogP contribution in [-0.2, 0) is 6.42 Å². The summed E-state index contributed by atoms with van der Waals surface area (Å²) in [5.74, 6) is 1.75. The quantitative estimate of drug-likeness (QED) is 0.750. The molecular weight excluding hydrogens is 302 g/mol. The van der Waals surface area contributed by atoms with E-state index in [4.69, 9.17) is 10.5 Å². The van der Waals surface area contributed by atoms with Crippen LogP contribution >= 0.6 is 15.9 Å². The highest BCUT2D eigenvalue weighted by Gasteiger charge is 2.11. The second-order valence-electron chi connectivity index (χ2n) is 5.78. The van der Waals surface area contributed by atoms with Gasteiger partial charge >= 0.3 is 0 Å². The summed E-state index contributed by atoms with van der Waals surface area (Å²) in [6.45, 7) is 9.39. The third kappa shape index (κ3) is 5.96. The van der Waals surface area contributed by atoms with Crippen LogP contribution in [0.4, 0.5) is 0 Å². The third-order valence-electron chi connectivity index (χ3n) is 3.03. The van der Waals surface area contributed by atoms with Gasteiger partial charge in [0, 0.05) is 10.5 Å². The minimum atomic E-state index is 0.145. The SMILES string of the molecule is Cc1cc(Br)cc(CC(C)N)c1OCCCC(C)C. The van der Waals surface area contributed by atoms with Crippen LogP contribution in [0.25, 0.3) is 0 Å². The van der Waals surface area contributed by atoms with Crippen molar-refractivity contribution in [1.29, 1.82) is 0 Å². The van der Waals surface area contributed by atoms with E-state index in [0.717, 1.165) is 35.6 Å². The predicted octanol–water partition coefficient (Wildman–Crippen LogP) is 4.46. The summed E-state index contributed by atoms with van der Waals surface area (Å²) < 4.78 is 7.09. The minimum absolute atomic E-state index is 0.145. The number of halogens is 1. The molecule has 19 heavy (non-hydrogen) atoms. The monoisotopic (exact) mass is 327 g/mol. The van der Waals surface area contributed by atoms with Gasteiger partial charge in [-0.25, -0.2) is 0 Å². The lowest BCUT2D eigenvalue weighted by Gasteiger charge is -2.16. The Balaban J connectivity index is 2.74. The fraction of sp³-hybridized carbons (Fsp3) is 0.625. The minimum Gasteiger partial charge on any atom is -0.493 e. The Bertz CT molecular complexity index is 402. The fourth-order valence-corrected chi connectivity index (χ4v) is 2.79. The summed E-state index contributed by atoms with van der Waals surface area (Å²) in [4.78, 5) is 0. The van der Waals surface area contributed by atoms with E-state index >= 15 is 0 Å². The van der Waals surface area contributed by atoms with Crippen molar-refractivity contribution in [3.63, 3.8) is 0 Å². The van der Waals surface area contributed by atoms with Gasteiger partial charge in [-0.1, -0.05) is 29.8 Å². The highest BCUT2D eigenvalue weighted by Crippen LogP contribution is 2.29. The predicted molar refractivity (Wildman–Crippen MR) is 85.8 cm³/mol. The number of ether oxygens (including phenoxy) is 1. The van der Waals surface area contributed by atoms with Crippen LogP contribution in [0.3, 0.4) is 0 Å². The molecule has 0 fully saturated rings. The first kappa shape index (κ1) is 16.5.